The predicted octanol–water partition coefficient (Wildman–Crippen LogP) is 4.79. The minimum Gasteiger partial charge on any atom is -0.496 e. The SMILES string of the molecule is CC#Cc1cc(Br)c(C2=C(OC(=O)OCC)C3(CCC(C)CC3)NC2=O)c(OC)c1. The van der Waals surface area contributed by atoms with Gasteiger partial charge in [-0.3, -0.25) is 4.79 Å². The number of methoxy groups -OCH3 is 1. The molecule has 3 rings (SSSR count). The summed E-state index contributed by atoms with van der Waals surface area (Å²) < 4.78 is 16.9. The zero-order valence-electron chi connectivity index (χ0n) is 17.7. The van der Waals surface area contributed by atoms with Crippen LogP contribution >= 0.6 is 15.9 Å². The van der Waals surface area contributed by atoms with Crippen LogP contribution in [0.4, 0.5) is 4.79 Å². The quantitative estimate of drug-likeness (QED) is 0.500. The Labute approximate surface area is 185 Å². The lowest BCUT2D eigenvalue weighted by Crippen LogP contribution is -2.47. The van der Waals surface area contributed by atoms with Crippen molar-refractivity contribution in [3.05, 3.63) is 33.5 Å². The molecule has 1 saturated carbocycles. The van der Waals surface area contributed by atoms with Gasteiger partial charge in [-0.25, -0.2) is 4.79 Å². The van der Waals surface area contributed by atoms with Crippen molar-refractivity contribution in [2.45, 2.75) is 52.0 Å². The van der Waals surface area contributed by atoms with Gasteiger partial charge in [0.2, 0.25) is 0 Å². The van der Waals surface area contributed by atoms with Gasteiger partial charge < -0.3 is 19.5 Å². The number of carbonyl (C=O) groups excluding carboxylic acids is 2. The lowest BCUT2D eigenvalue weighted by atomic mass is 9.76. The van der Waals surface area contributed by atoms with E-state index in [4.69, 9.17) is 14.2 Å². The standard InChI is InChI=1S/C23H26BrNO5/c1-5-7-15-12-16(24)18(17(13-15)28-4)19-20(30-22(27)29-6-2)23(25-21(19)26)10-8-14(3)9-11-23/h12-14H,6,8-11H2,1-4H3,(H,25,26). The van der Waals surface area contributed by atoms with Crippen molar-refractivity contribution in [2.75, 3.05) is 13.7 Å². The topological polar surface area (TPSA) is 73.9 Å². The highest BCUT2D eigenvalue weighted by molar-refractivity contribution is 9.10. The number of benzene rings is 1. The van der Waals surface area contributed by atoms with Crippen LogP contribution in [0, 0.1) is 17.8 Å². The molecule has 1 aromatic carbocycles. The zero-order chi connectivity index (χ0) is 21.9. The van der Waals surface area contributed by atoms with Crippen LogP contribution in [-0.2, 0) is 14.3 Å². The lowest BCUT2D eigenvalue weighted by Gasteiger charge is -2.37. The molecule has 30 heavy (non-hydrogen) atoms. The highest BCUT2D eigenvalue weighted by Crippen LogP contribution is 2.47. The molecule has 1 fully saturated rings. The summed E-state index contributed by atoms with van der Waals surface area (Å²) in [4.78, 5) is 25.5. The number of halogens is 1. The molecule has 6 nitrogen and oxygen atoms in total. The molecule has 0 atom stereocenters. The Bertz CT molecular complexity index is 948. The van der Waals surface area contributed by atoms with Gasteiger partial charge in [0.15, 0.2) is 5.76 Å². The van der Waals surface area contributed by atoms with Crippen LogP contribution in [0.25, 0.3) is 5.57 Å². The first-order chi connectivity index (χ1) is 14.3. The summed E-state index contributed by atoms with van der Waals surface area (Å²) in [6.07, 6.45) is 2.41. The molecule has 7 heteroatoms. The van der Waals surface area contributed by atoms with Gasteiger partial charge in [-0.15, -0.1) is 5.92 Å². The highest BCUT2D eigenvalue weighted by atomic mass is 79.9. The predicted molar refractivity (Wildman–Crippen MR) is 117 cm³/mol. The first kappa shape index (κ1) is 22.2. The van der Waals surface area contributed by atoms with E-state index < -0.39 is 11.7 Å². The van der Waals surface area contributed by atoms with Crippen molar-refractivity contribution >= 4 is 33.6 Å². The molecule has 0 saturated heterocycles. The monoisotopic (exact) mass is 475 g/mol. The summed E-state index contributed by atoms with van der Waals surface area (Å²) in [6.45, 7) is 5.83. The smallest absolute Gasteiger partial charge is 0.496 e. The van der Waals surface area contributed by atoms with E-state index in [1.165, 1.54) is 7.11 Å². The largest absolute Gasteiger partial charge is 0.513 e. The minimum atomic E-state index is -0.817. The van der Waals surface area contributed by atoms with Crippen LogP contribution in [0.5, 0.6) is 5.75 Å². The van der Waals surface area contributed by atoms with Gasteiger partial charge in [0.25, 0.3) is 5.91 Å². The molecule has 0 radical (unpaired) electrons. The van der Waals surface area contributed by atoms with Crippen LogP contribution in [0.3, 0.4) is 0 Å². The number of ether oxygens (including phenoxy) is 3. The molecule has 1 amide bonds. The first-order valence-electron chi connectivity index (χ1n) is 10.1. The van der Waals surface area contributed by atoms with Crippen LogP contribution < -0.4 is 10.1 Å². The molecule has 0 unspecified atom stereocenters. The van der Waals surface area contributed by atoms with Gasteiger partial charge in [-0.05, 0) is 73.5 Å². The Hall–Kier alpha value is -2.46. The number of carbonyl (C=O) groups is 2. The van der Waals surface area contributed by atoms with Gasteiger partial charge in [0.05, 0.1) is 24.8 Å². The number of hydrogen-bond donors (Lipinski definition) is 1. The molecule has 1 spiro atoms. The number of hydrogen-bond acceptors (Lipinski definition) is 5. The number of amides is 1. The van der Waals surface area contributed by atoms with E-state index in [-0.39, 0.29) is 18.1 Å². The fourth-order valence-electron chi connectivity index (χ4n) is 4.09. The molecule has 160 valence electrons. The Morgan fingerprint density at radius 3 is 2.63 bits per heavy atom. The second kappa shape index (κ2) is 9.13. The molecular weight excluding hydrogens is 450 g/mol. The molecular formula is C23H26BrNO5. The zero-order valence-corrected chi connectivity index (χ0v) is 19.3. The van der Waals surface area contributed by atoms with Gasteiger partial charge in [-0.2, -0.15) is 0 Å². The van der Waals surface area contributed by atoms with E-state index in [9.17, 15) is 9.59 Å². The van der Waals surface area contributed by atoms with Crippen LogP contribution in [0.15, 0.2) is 22.4 Å². The maximum Gasteiger partial charge on any atom is 0.513 e. The minimum absolute atomic E-state index is 0.185. The van der Waals surface area contributed by atoms with E-state index in [2.05, 4.69) is 40.0 Å². The summed E-state index contributed by atoms with van der Waals surface area (Å²) in [5, 5.41) is 3.10. The Balaban J connectivity index is 2.20. The molecule has 1 N–H and O–H groups in total. The average Bonchev–Trinajstić information content (AvgIpc) is 2.95. The van der Waals surface area contributed by atoms with Crippen LogP contribution in [-0.4, -0.2) is 31.3 Å². The van der Waals surface area contributed by atoms with Crippen molar-refractivity contribution in [3.8, 4) is 17.6 Å². The molecule has 1 aromatic rings. The van der Waals surface area contributed by atoms with E-state index >= 15 is 0 Å². The van der Waals surface area contributed by atoms with Gasteiger partial charge >= 0.3 is 6.16 Å². The van der Waals surface area contributed by atoms with Crippen LogP contribution in [0.2, 0.25) is 0 Å². The Kier molecular flexibility index (Phi) is 6.77. The van der Waals surface area contributed by atoms with Crippen LogP contribution in [0.1, 0.15) is 57.6 Å². The fraction of sp³-hybridized carbons (Fsp3) is 0.478. The molecule has 1 aliphatic carbocycles. The third-order valence-electron chi connectivity index (χ3n) is 5.61. The normalized spacial score (nSPS) is 23.0. The summed E-state index contributed by atoms with van der Waals surface area (Å²) in [5.41, 5.74) is 0.847. The lowest BCUT2D eigenvalue weighted by molar-refractivity contribution is -0.116. The second-order valence-electron chi connectivity index (χ2n) is 7.62. The molecule has 1 aliphatic heterocycles. The Morgan fingerprint density at radius 1 is 1.33 bits per heavy atom. The van der Waals surface area contributed by atoms with Gasteiger partial charge in [0, 0.05) is 15.6 Å². The second-order valence-corrected chi connectivity index (χ2v) is 8.47. The summed E-state index contributed by atoms with van der Waals surface area (Å²) in [5.74, 6) is 6.89. The van der Waals surface area contributed by atoms with E-state index in [1.54, 1.807) is 19.9 Å². The number of nitrogens with one attached hydrogen (secondary N) is 1. The highest BCUT2D eigenvalue weighted by Gasteiger charge is 2.50. The van der Waals surface area contributed by atoms with E-state index in [0.717, 1.165) is 18.4 Å². The van der Waals surface area contributed by atoms with Crippen molar-refractivity contribution in [1.82, 2.24) is 5.32 Å². The van der Waals surface area contributed by atoms with Crippen molar-refractivity contribution in [3.63, 3.8) is 0 Å². The van der Waals surface area contributed by atoms with E-state index in [1.807, 2.05) is 6.07 Å². The average molecular weight is 476 g/mol. The third kappa shape index (κ3) is 4.20. The molecule has 2 aliphatic rings. The molecule has 0 aromatic heterocycles. The summed E-state index contributed by atoms with van der Waals surface area (Å²) in [7, 11) is 1.53. The molecule has 0 bridgehead atoms. The van der Waals surface area contributed by atoms with E-state index in [0.29, 0.717) is 40.3 Å². The maximum absolute atomic E-state index is 13.2. The summed E-state index contributed by atoms with van der Waals surface area (Å²) >= 11 is 3.56. The van der Waals surface area contributed by atoms with Gasteiger partial charge in [0.1, 0.15) is 5.75 Å². The van der Waals surface area contributed by atoms with Gasteiger partial charge in [-0.1, -0.05) is 12.8 Å². The van der Waals surface area contributed by atoms with Crippen molar-refractivity contribution in [2.24, 2.45) is 5.92 Å². The molecule has 1 heterocycles. The maximum atomic E-state index is 13.2. The van der Waals surface area contributed by atoms with Crippen molar-refractivity contribution in [1.29, 1.82) is 0 Å². The first-order valence-corrected chi connectivity index (χ1v) is 10.9. The third-order valence-corrected chi connectivity index (χ3v) is 6.24. The Morgan fingerprint density at radius 2 is 2.03 bits per heavy atom. The van der Waals surface area contributed by atoms with Crippen molar-refractivity contribution < 1.29 is 23.8 Å². The summed E-state index contributed by atoms with van der Waals surface area (Å²) in [6, 6.07) is 3.59. The fourth-order valence-corrected chi connectivity index (χ4v) is 4.73. The number of rotatable bonds is 4.